The summed E-state index contributed by atoms with van der Waals surface area (Å²) in [5.41, 5.74) is 3.32. The molecular weight excluding hydrogens is 377 g/mol. The Labute approximate surface area is 164 Å². The van der Waals surface area contributed by atoms with Gasteiger partial charge in [0.2, 0.25) is 0 Å². The zero-order chi connectivity index (χ0) is 20.3. The highest BCUT2D eigenvalue weighted by atomic mass is 32.2. The van der Waals surface area contributed by atoms with Crippen LogP contribution in [-0.2, 0) is 10.0 Å². The van der Waals surface area contributed by atoms with Gasteiger partial charge in [0.25, 0.3) is 10.0 Å². The molecule has 0 spiro atoms. The number of anilines is 3. The number of hydrogen-bond acceptors (Lipinski definition) is 4. The molecule has 0 aliphatic heterocycles. The number of benzene rings is 2. The van der Waals surface area contributed by atoms with Gasteiger partial charge in [0.15, 0.2) is 0 Å². The molecule has 0 aliphatic rings. The van der Waals surface area contributed by atoms with Crippen molar-refractivity contribution in [3.05, 3.63) is 77.7 Å². The van der Waals surface area contributed by atoms with Crippen LogP contribution in [0.2, 0.25) is 0 Å². The van der Waals surface area contributed by atoms with Crippen LogP contribution in [-0.4, -0.2) is 19.9 Å². The molecule has 146 valence electrons. The average Bonchev–Trinajstić information content (AvgIpc) is 2.66. The van der Waals surface area contributed by atoms with Crippen molar-refractivity contribution in [2.45, 2.75) is 25.7 Å². The number of aryl methyl sites for hydroxylation is 2. The second kappa shape index (κ2) is 7.98. The maximum atomic E-state index is 13.4. The van der Waals surface area contributed by atoms with Crippen molar-refractivity contribution >= 4 is 27.2 Å². The van der Waals surface area contributed by atoms with Crippen LogP contribution in [0.5, 0.6) is 0 Å². The summed E-state index contributed by atoms with van der Waals surface area (Å²) in [6.07, 6.45) is 1.62. The number of halogens is 1. The Morgan fingerprint density at radius 1 is 1.04 bits per heavy atom. The van der Waals surface area contributed by atoms with Crippen molar-refractivity contribution in [3.63, 3.8) is 0 Å². The van der Waals surface area contributed by atoms with Crippen LogP contribution in [0.15, 0.2) is 65.7 Å². The van der Waals surface area contributed by atoms with E-state index in [1.807, 2.05) is 38.1 Å². The molecule has 7 heteroatoms. The van der Waals surface area contributed by atoms with Crippen LogP contribution in [0.1, 0.15) is 18.1 Å². The van der Waals surface area contributed by atoms with Crippen LogP contribution in [0.3, 0.4) is 0 Å². The molecular formula is C21H22FN3O2S. The van der Waals surface area contributed by atoms with Crippen LogP contribution >= 0.6 is 0 Å². The summed E-state index contributed by atoms with van der Waals surface area (Å²) in [5, 5.41) is 0. The molecule has 1 aromatic heterocycles. The lowest BCUT2D eigenvalue weighted by Gasteiger charge is -2.23. The molecule has 0 radical (unpaired) electrons. The fraction of sp³-hybridized carbons (Fsp3) is 0.190. The van der Waals surface area contributed by atoms with E-state index < -0.39 is 15.8 Å². The van der Waals surface area contributed by atoms with Gasteiger partial charge in [-0.25, -0.2) is 17.8 Å². The van der Waals surface area contributed by atoms with E-state index in [-0.39, 0.29) is 16.3 Å². The van der Waals surface area contributed by atoms with E-state index in [9.17, 15) is 12.8 Å². The largest absolute Gasteiger partial charge is 0.341 e. The first-order valence-electron chi connectivity index (χ1n) is 8.89. The maximum absolute atomic E-state index is 13.4. The Balaban J connectivity index is 1.82. The smallest absolute Gasteiger partial charge is 0.263 e. The Morgan fingerprint density at radius 3 is 2.43 bits per heavy atom. The fourth-order valence-corrected chi connectivity index (χ4v) is 3.99. The molecule has 0 saturated heterocycles. The van der Waals surface area contributed by atoms with Crippen molar-refractivity contribution in [2.24, 2.45) is 0 Å². The van der Waals surface area contributed by atoms with E-state index in [0.717, 1.165) is 29.5 Å². The minimum Gasteiger partial charge on any atom is -0.341 e. The van der Waals surface area contributed by atoms with E-state index in [1.54, 1.807) is 12.3 Å². The lowest BCUT2D eigenvalue weighted by atomic mass is 10.2. The van der Waals surface area contributed by atoms with E-state index >= 15 is 0 Å². The lowest BCUT2D eigenvalue weighted by Crippen LogP contribution is -2.17. The second-order valence-electron chi connectivity index (χ2n) is 6.50. The second-order valence-corrected chi connectivity index (χ2v) is 8.18. The van der Waals surface area contributed by atoms with Gasteiger partial charge in [0.1, 0.15) is 11.6 Å². The van der Waals surface area contributed by atoms with Gasteiger partial charge in [-0.15, -0.1) is 0 Å². The normalized spacial score (nSPS) is 11.3. The molecule has 3 aromatic rings. The molecule has 0 unspecified atom stereocenters. The van der Waals surface area contributed by atoms with Crippen LogP contribution < -0.4 is 9.62 Å². The molecule has 2 aromatic carbocycles. The van der Waals surface area contributed by atoms with Crippen LogP contribution in [0.25, 0.3) is 0 Å². The minimum absolute atomic E-state index is 0.00720. The predicted octanol–water partition coefficient (Wildman–Crippen LogP) is 4.80. The molecule has 1 N–H and O–H groups in total. The number of nitrogens with one attached hydrogen (secondary N) is 1. The quantitative estimate of drug-likeness (QED) is 0.647. The number of hydrogen-bond donors (Lipinski definition) is 1. The Hall–Kier alpha value is -2.93. The summed E-state index contributed by atoms with van der Waals surface area (Å²) in [5.74, 6) is -0.247. The van der Waals surface area contributed by atoms with Crippen LogP contribution in [0, 0.1) is 19.7 Å². The number of nitrogens with zero attached hydrogens (tertiary/aromatic N) is 2. The molecule has 3 rings (SSSR count). The van der Waals surface area contributed by atoms with E-state index in [0.29, 0.717) is 0 Å². The van der Waals surface area contributed by atoms with Gasteiger partial charge in [-0.1, -0.05) is 12.1 Å². The summed E-state index contributed by atoms with van der Waals surface area (Å²) in [6, 6.07) is 15.2. The molecule has 0 atom stereocenters. The Bertz CT molecular complexity index is 1080. The summed E-state index contributed by atoms with van der Waals surface area (Å²) < 4.78 is 40.9. The molecule has 0 saturated carbocycles. The maximum Gasteiger partial charge on any atom is 0.263 e. The third kappa shape index (κ3) is 4.31. The number of aromatic nitrogens is 1. The van der Waals surface area contributed by atoms with Crippen molar-refractivity contribution in [1.82, 2.24) is 4.98 Å². The van der Waals surface area contributed by atoms with Crippen molar-refractivity contribution in [3.8, 4) is 0 Å². The van der Waals surface area contributed by atoms with Gasteiger partial charge in [-0.2, -0.15) is 0 Å². The molecule has 1 heterocycles. The van der Waals surface area contributed by atoms with Gasteiger partial charge in [-0.3, -0.25) is 4.72 Å². The molecule has 0 amide bonds. The standard InChI is InChI=1S/C21H22FN3O2S/c1-4-25(17-7-5-6-15(2)12-17)18-8-11-21(23-14-18)24-28(26,27)19-9-10-20(22)16(3)13-19/h5-14H,4H2,1-3H3,(H,23,24). The first-order chi connectivity index (χ1) is 13.3. The van der Waals surface area contributed by atoms with E-state index in [1.165, 1.54) is 19.1 Å². The Kier molecular flexibility index (Phi) is 5.65. The third-order valence-corrected chi connectivity index (χ3v) is 5.72. The number of sulfonamides is 1. The first kappa shape index (κ1) is 19.8. The van der Waals surface area contributed by atoms with Gasteiger partial charge in [-0.05, 0) is 74.4 Å². The summed E-state index contributed by atoms with van der Waals surface area (Å²) in [6.45, 7) is 6.33. The van der Waals surface area contributed by atoms with Crippen LogP contribution in [0.4, 0.5) is 21.6 Å². The highest BCUT2D eigenvalue weighted by Crippen LogP contribution is 2.26. The number of pyridine rings is 1. The highest BCUT2D eigenvalue weighted by Gasteiger charge is 2.16. The molecule has 0 bridgehead atoms. The molecule has 0 aliphatic carbocycles. The Morgan fingerprint density at radius 2 is 1.82 bits per heavy atom. The molecule has 28 heavy (non-hydrogen) atoms. The zero-order valence-electron chi connectivity index (χ0n) is 16.0. The van der Waals surface area contributed by atoms with Gasteiger partial charge in [0.05, 0.1) is 16.8 Å². The van der Waals surface area contributed by atoms with E-state index in [2.05, 4.69) is 20.7 Å². The predicted molar refractivity (Wildman–Crippen MR) is 110 cm³/mol. The molecule has 0 fully saturated rings. The van der Waals surface area contributed by atoms with Crippen molar-refractivity contribution in [2.75, 3.05) is 16.2 Å². The zero-order valence-corrected chi connectivity index (χ0v) is 16.8. The average molecular weight is 399 g/mol. The minimum atomic E-state index is -3.84. The monoisotopic (exact) mass is 399 g/mol. The highest BCUT2D eigenvalue weighted by molar-refractivity contribution is 7.92. The summed E-state index contributed by atoms with van der Waals surface area (Å²) >= 11 is 0. The van der Waals surface area contributed by atoms with Gasteiger partial charge in [0, 0.05) is 12.2 Å². The lowest BCUT2D eigenvalue weighted by molar-refractivity contribution is 0.598. The van der Waals surface area contributed by atoms with Crippen molar-refractivity contribution < 1.29 is 12.8 Å². The van der Waals surface area contributed by atoms with Gasteiger partial charge >= 0.3 is 0 Å². The van der Waals surface area contributed by atoms with Crippen molar-refractivity contribution in [1.29, 1.82) is 0 Å². The topological polar surface area (TPSA) is 62.3 Å². The fourth-order valence-electron chi connectivity index (χ4n) is 2.90. The number of rotatable bonds is 6. The first-order valence-corrected chi connectivity index (χ1v) is 10.4. The SMILES string of the molecule is CCN(c1ccc(NS(=O)(=O)c2ccc(F)c(C)c2)nc1)c1cccc(C)c1. The van der Waals surface area contributed by atoms with E-state index in [4.69, 9.17) is 0 Å². The van der Waals surface area contributed by atoms with Gasteiger partial charge < -0.3 is 4.90 Å². The third-order valence-electron chi connectivity index (χ3n) is 4.37. The summed E-state index contributed by atoms with van der Waals surface area (Å²) in [4.78, 5) is 6.32. The molecule has 5 nitrogen and oxygen atoms in total. The summed E-state index contributed by atoms with van der Waals surface area (Å²) in [7, 11) is -3.84.